The van der Waals surface area contributed by atoms with Gasteiger partial charge in [-0.25, -0.2) is 9.78 Å². The Morgan fingerprint density at radius 1 is 1.00 bits per heavy atom. The minimum absolute atomic E-state index is 0.0143. The van der Waals surface area contributed by atoms with E-state index in [1.807, 2.05) is 0 Å². The summed E-state index contributed by atoms with van der Waals surface area (Å²) in [5.41, 5.74) is 0.258. The molecule has 17 heteroatoms. The van der Waals surface area contributed by atoms with Crippen molar-refractivity contribution in [3.63, 3.8) is 0 Å². The van der Waals surface area contributed by atoms with Crippen molar-refractivity contribution in [2.24, 2.45) is 0 Å². The Morgan fingerprint density at radius 3 is 2.40 bits per heavy atom. The van der Waals surface area contributed by atoms with E-state index in [0.717, 1.165) is 23.5 Å². The van der Waals surface area contributed by atoms with E-state index in [4.69, 9.17) is 23.9 Å². The second-order valence-corrected chi connectivity index (χ2v) is 11.9. The van der Waals surface area contributed by atoms with E-state index in [1.54, 1.807) is 9.47 Å². The SMILES string of the molecule is COc1cc(C(F)(F)F)ccc1COc1cccc(N2CCN(Cc3nc4c(OC)cc(C(=O)O)cc4n3C[C@@H]3CCO3)CC2C(F)(F)F)n1. The summed E-state index contributed by atoms with van der Waals surface area (Å²) in [5, 5.41) is 9.66. The van der Waals surface area contributed by atoms with Gasteiger partial charge in [0, 0.05) is 37.9 Å². The Hall–Kier alpha value is -4.77. The lowest BCUT2D eigenvalue weighted by molar-refractivity contribution is -0.157. The fourth-order valence-corrected chi connectivity index (χ4v) is 6.05. The van der Waals surface area contributed by atoms with Gasteiger partial charge in [-0.15, -0.1) is 0 Å². The second kappa shape index (κ2) is 13.9. The van der Waals surface area contributed by atoms with Gasteiger partial charge < -0.3 is 33.5 Å². The van der Waals surface area contributed by atoms with E-state index in [1.165, 1.54) is 50.6 Å². The predicted octanol–water partition coefficient (Wildman–Crippen LogP) is 5.79. The number of pyridine rings is 1. The largest absolute Gasteiger partial charge is 0.496 e. The number of carboxylic acids is 1. The Labute approximate surface area is 281 Å². The number of benzene rings is 2. The first-order chi connectivity index (χ1) is 23.7. The van der Waals surface area contributed by atoms with Crippen LogP contribution in [0, 0.1) is 0 Å². The average Bonchev–Trinajstić information content (AvgIpc) is 3.40. The highest BCUT2D eigenvalue weighted by molar-refractivity contribution is 5.95. The van der Waals surface area contributed by atoms with Gasteiger partial charge in [0.2, 0.25) is 5.88 Å². The number of fused-ring (bicyclic) bond motifs is 1. The molecule has 268 valence electrons. The summed E-state index contributed by atoms with van der Waals surface area (Å²) >= 11 is 0. The third-order valence-electron chi connectivity index (χ3n) is 8.74. The average molecular weight is 710 g/mol. The molecule has 6 rings (SSSR count). The number of imidazole rings is 1. The van der Waals surface area contributed by atoms with Crippen LogP contribution in [-0.2, 0) is 30.6 Å². The number of aromatic nitrogens is 3. The van der Waals surface area contributed by atoms with E-state index >= 15 is 0 Å². The number of halogens is 6. The molecule has 4 heterocycles. The van der Waals surface area contributed by atoms with Gasteiger partial charge in [0.1, 0.15) is 41.3 Å². The van der Waals surface area contributed by atoms with E-state index in [9.17, 15) is 36.2 Å². The van der Waals surface area contributed by atoms with Crippen molar-refractivity contribution in [1.82, 2.24) is 19.4 Å². The topological polar surface area (TPSA) is 111 Å². The number of carboxylic acid groups (broad SMARTS) is 1. The van der Waals surface area contributed by atoms with Crippen molar-refractivity contribution in [1.29, 1.82) is 0 Å². The predicted molar refractivity (Wildman–Crippen MR) is 167 cm³/mol. The van der Waals surface area contributed by atoms with Crippen LogP contribution in [-0.4, -0.2) is 89.3 Å². The molecule has 2 saturated heterocycles. The van der Waals surface area contributed by atoms with Gasteiger partial charge in [-0.1, -0.05) is 12.1 Å². The highest BCUT2D eigenvalue weighted by Crippen LogP contribution is 2.36. The van der Waals surface area contributed by atoms with Gasteiger partial charge in [0.15, 0.2) is 0 Å². The molecule has 0 aliphatic carbocycles. The Bertz CT molecular complexity index is 1860. The first-order valence-electron chi connectivity index (χ1n) is 15.6. The molecule has 0 bridgehead atoms. The molecule has 2 aliphatic heterocycles. The summed E-state index contributed by atoms with van der Waals surface area (Å²) in [4.78, 5) is 23.6. The van der Waals surface area contributed by atoms with Crippen molar-refractivity contribution in [3.05, 3.63) is 71.0 Å². The van der Waals surface area contributed by atoms with Gasteiger partial charge in [-0.05, 0) is 36.8 Å². The molecule has 2 atom stereocenters. The van der Waals surface area contributed by atoms with Crippen LogP contribution in [0.3, 0.4) is 0 Å². The van der Waals surface area contributed by atoms with Gasteiger partial charge in [0.25, 0.3) is 0 Å². The normalized spacial score (nSPS) is 18.6. The zero-order chi connectivity index (χ0) is 35.8. The Kier molecular flexibility index (Phi) is 9.72. The summed E-state index contributed by atoms with van der Waals surface area (Å²) in [5.74, 6) is -0.543. The molecule has 11 nitrogen and oxygen atoms in total. The number of ether oxygens (including phenoxy) is 4. The van der Waals surface area contributed by atoms with Gasteiger partial charge in [0.05, 0.1) is 50.1 Å². The van der Waals surface area contributed by atoms with Crippen LogP contribution in [0.5, 0.6) is 17.4 Å². The van der Waals surface area contributed by atoms with Crippen LogP contribution in [0.4, 0.5) is 32.2 Å². The molecule has 2 fully saturated rings. The van der Waals surface area contributed by atoms with Crippen molar-refractivity contribution >= 4 is 22.8 Å². The first kappa shape index (κ1) is 35.1. The van der Waals surface area contributed by atoms with E-state index in [-0.39, 0.29) is 61.1 Å². The summed E-state index contributed by atoms with van der Waals surface area (Å²) in [7, 11) is 2.61. The quantitative estimate of drug-likeness (QED) is 0.192. The van der Waals surface area contributed by atoms with Crippen LogP contribution in [0.15, 0.2) is 48.5 Å². The maximum absolute atomic E-state index is 14.6. The van der Waals surface area contributed by atoms with Crippen LogP contribution in [0.25, 0.3) is 11.0 Å². The number of aromatic carboxylic acids is 1. The Morgan fingerprint density at radius 2 is 1.76 bits per heavy atom. The third-order valence-corrected chi connectivity index (χ3v) is 8.74. The molecule has 0 spiro atoms. The molecule has 0 radical (unpaired) electrons. The summed E-state index contributed by atoms with van der Waals surface area (Å²) < 4.78 is 107. The van der Waals surface area contributed by atoms with E-state index in [2.05, 4.69) is 4.98 Å². The molecule has 2 aromatic heterocycles. The van der Waals surface area contributed by atoms with Gasteiger partial charge in [-0.2, -0.15) is 31.3 Å². The lowest BCUT2D eigenvalue weighted by atomic mass is 10.1. The van der Waals surface area contributed by atoms with Gasteiger partial charge >= 0.3 is 18.3 Å². The number of carbonyl (C=O) groups is 1. The number of hydrogen-bond donors (Lipinski definition) is 1. The van der Waals surface area contributed by atoms with Gasteiger partial charge in [-0.3, -0.25) is 4.90 Å². The first-order valence-corrected chi connectivity index (χ1v) is 15.6. The number of nitrogens with zero attached hydrogens (tertiary/aromatic N) is 5. The molecule has 0 saturated carbocycles. The molecule has 0 amide bonds. The van der Waals surface area contributed by atoms with E-state index < -0.39 is 36.5 Å². The highest BCUT2D eigenvalue weighted by atomic mass is 19.4. The summed E-state index contributed by atoms with van der Waals surface area (Å²) in [6.45, 7) is 0.470. The third kappa shape index (κ3) is 7.38. The zero-order valence-electron chi connectivity index (χ0n) is 26.9. The number of alkyl halides is 6. The molecule has 50 heavy (non-hydrogen) atoms. The van der Waals surface area contributed by atoms with E-state index in [0.29, 0.717) is 35.6 Å². The molecule has 1 unspecified atom stereocenters. The van der Waals surface area contributed by atoms with Crippen molar-refractivity contribution in [3.8, 4) is 17.4 Å². The lowest BCUT2D eigenvalue weighted by Gasteiger charge is -2.42. The maximum Gasteiger partial charge on any atom is 0.416 e. The summed E-state index contributed by atoms with van der Waals surface area (Å²) in [6.07, 6.45) is -8.59. The van der Waals surface area contributed by atoms with Crippen LogP contribution in [0.1, 0.15) is 33.7 Å². The molecular formula is C33H33F6N5O6. The van der Waals surface area contributed by atoms with Crippen molar-refractivity contribution < 1.29 is 55.2 Å². The number of rotatable bonds is 11. The van der Waals surface area contributed by atoms with Crippen LogP contribution < -0.4 is 19.1 Å². The maximum atomic E-state index is 14.6. The minimum atomic E-state index is -4.65. The second-order valence-electron chi connectivity index (χ2n) is 11.9. The number of piperazine rings is 1. The van der Waals surface area contributed by atoms with Crippen molar-refractivity contribution in [2.75, 3.05) is 45.4 Å². The summed E-state index contributed by atoms with van der Waals surface area (Å²) in [6, 6.07) is 8.19. The number of hydrogen-bond acceptors (Lipinski definition) is 9. The standard InChI is InChI=1S/C33H33F6N5O6/c1-47-24-14-21(32(34,35)36)7-6-19(24)18-50-29-5-3-4-27(40-29)43-10-9-42(16-26(43)33(37,38)39)17-28-41-30-23(44(28)15-22-8-11-49-22)12-20(31(45)46)13-25(30)48-2/h3-7,12-14,22,26H,8-11,15-18H2,1-2H3,(H,45,46)/t22-,26?/m0/s1. The van der Waals surface area contributed by atoms with Crippen LogP contribution in [0.2, 0.25) is 0 Å². The van der Waals surface area contributed by atoms with Crippen molar-refractivity contribution in [2.45, 2.75) is 50.6 Å². The Balaban J connectivity index is 1.22. The molecule has 2 aliphatic rings. The fourth-order valence-electron chi connectivity index (χ4n) is 6.05. The molecule has 2 aromatic carbocycles. The zero-order valence-corrected chi connectivity index (χ0v) is 26.9. The molecule has 1 N–H and O–H groups in total. The fraction of sp³-hybridized carbons (Fsp3) is 0.424. The minimum Gasteiger partial charge on any atom is -0.496 e. The smallest absolute Gasteiger partial charge is 0.416 e. The highest BCUT2D eigenvalue weighted by Gasteiger charge is 2.47. The molecular weight excluding hydrogens is 676 g/mol. The monoisotopic (exact) mass is 709 g/mol. The van der Waals surface area contributed by atoms with Crippen LogP contribution >= 0.6 is 0 Å². The number of methoxy groups -OCH3 is 2. The molecule has 4 aromatic rings. The number of anilines is 1. The lowest BCUT2D eigenvalue weighted by Crippen LogP contribution is -2.59.